The van der Waals surface area contributed by atoms with Crippen LogP contribution in [-0.2, 0) is 13.1 Å². The van der Waals surface area contributed by atoms with Crippen LogP contribution in [0.4, 0.5) is 0 Å². The van der Waals surface area contributed by atoms with Crippen molar-refractivity contribution in [2.24, 2.45) is 11.7 Å². The number of benzene rings is 2. The van der Waals surface area contributed by atoms with Crippen molar-refractivity contribution in [3.63, 3.8) is 0 Å². The summed E-state index contributed by atoms with van der Waals surface area (Å²) in [5.41, 5.74) is 13.4. The largest absolute Gasteiger partial charge is 0.494 e. The van der Waals surface area contributed by atoms with Crippen LogP contribution in [0.2, 0.25) is 0 Å². The van der Waals surface area contributed by atoms with Gasteiger partial charge < -0.3 is 29.2 Å². The summed E-state index contributed by atoms with van der Waals surface area (Å²) in [5.74, 6) is 2.55. The molecule has 2 aromatic carbocycles. The van der Waals surface area contributed by atoms with E-state index >= 15 is 0 Å². The number of ether oxygens (including phenoxy) is 2. The summed E-state index contributed by atoms with van der Waals surface area (Å²) in [6.07, 6.45) is 8.40. The number of para-hydroxylation sites is 1. The molecule has 4 aromatic heterocycles. The molecule has 6 heterocycles. The van der Waals surface area contributed by atoms with Gasteiger partial charge in [-0.05, 0) is 73.2 Å². The number of nitrogens with two attached hydrogens (primary N) is 1. The smallest absolute Gasteiger partial charge is 0.254 e. The highest BCUT2D eigenvalue weighted by Gasteiger charge is 2.47. The van der Waals surface area contributed by atoms with Crippen molar-refractivity contribution in [1.29, 1.82) is 0 Å². The van der Waals surface area contributed by atoms with Crippen LogP contribution >= 0.6 is 0 Å². The predicted molar refractivity (Wildman–Crippen MR) is 179 cm³/mol. The van der Waals surface area contributed by atoms with Crippen molar-refractivity contribution in [2.45, 2.75) is 44.4 Å². The van der Waals surface area contributed by atoms with Crippen LogP contribution in [0.1, 0.15) is 35.2 Å². The van der Waals surface area contributed by atoms with Crippen LogP contribution in [0.5, 0.6) is 11.5 Å². The number of likely N-dealkylation sites (tertiary alicyclic amines) is 1. The number of aromatic nitrogens is 5. The summed E-state index contributed by atoms with van der Waals surface area (Å²) in [6.45, 7) is 2.41. The first-order valence-electron chi connectivity index (χ1n) is 16.3. The lowest BCUT2D eigenvalue weighted by atomic mass is 10.0. The summed E-state index contributed by atoms with van der Waals surface area (Å²) in [4.78, 5) is 30.6. The third-order valence-electron chi connectivity index (χ3n) is 10.2. The number of methoxy groups -OCH3 is 1. The van der Waals surface area contributed by atoms with Gasteiger partial charge in [-0.25, -0.2) is 9.97 Å². The third-order valence-corrected chi connectivity index (χ3v) is 10.2. The van der Waals surface area contributed by atoms with Crippen molar-refractivity contribution in [2.75, 3.05) is 20.3 Å². The Morgan fingerprint density at radius 2 is 1.96 bits per heavy atom. The Balaban J connectivity index is 1.25. The maximum atomic E-state index is 14.0. The van der Waals surface area contributed by atoms with Gasteiger partial charge in [0, 0.05) is 65.8 Å². The molecule has 1 aliphatic carbocycles. The fourth-order valence-corrected chi connectivity index (χ4v) is 7.94. The molecule has 2 unspecified atom stereocenters. The topological polar surface area (TPSA) is 113 Å². The van der Waals surface area contributed by atoms with Crippen LogP contribution in [0, 0.1) is 5.92 Å². The fraction of sp³-hybridized carbons (Fsp3) is 0.297. The number of carbonyl (C=O) groups is 1. The highest BCUT2D eigenvalue weighted by Crippen LogP contribution is 2.40. The van der Waals surface area contributed by atoms with E-state index in [0.717, 1.165) is 69.8 Å². The number of fused-ring (bicyclic) bond motifs is 13. The molecule has 3 aliphatic rings. The van der Waals surface area contributed by atoms with Crippen molar-refractivity contribution in [1.82, 2.24) is 29.0 Å². The second-order valence-corrected chi connectivity index (χ2v) is 12.9. The minimum Gasteiger partial charge on any atom is -0.494 e. The van der Waals surface area contributed by atoms with Gasteiger partial charge >= 0.3 is 0 Å². The molecule has 2 N–H and O–H groups in total. The standard InChI is InChI=1S/C37H35N7O3/c1-46-32-17-25(37(45)43-21-24-9-10-29(43)33(24)38)15-28-34(32)44-20-22-14-26(19-39-18-22)27-7-2-3-8-31(27)47-13-5-12-42-30(36(44)41-28)16-23-6-4-11-40-35(23)42/h2-4,6-8,11,14-19,24,29,33H,5,9-10,12-13,20-21,38H2,1H3/t24?,29?,33-/m1/s1. The van der Waals surface area contributed by atoms with Crippen LogP contribution in [0.3, 0.4) is 0 Å². The van der Waals surface area contributed by atoms with Gasteiger partial charge in [-0.15, -0.1) is 0 Å². The number of hydrogen-bond acceptors (Lipinski definition) is 7. The molecule has 0 radical (unpaired) electrons. The van der Waals surface area contributed by atoms with Gasteiger partial charge in [0.2, 0.25) is 0 Å². The fourth-order valence-electron chi connectivity index (χ4n) is 7.94. The van der Waals surface area contributed by atoms with Crippen LogP contribution < -0.4 is 15.2 Å². The molecule has 236 valence electrons. The van der Waals surface area contributed by atoms with E-state index < -0.39 is 0 Å². The molecule has 1 saturated heterocycles. The number of amides is 1. The van der Waals surface area contributed by atoms with E-state index in [2.05, 4.69) is 38.4 Å². The van der Waals surface area contributed by atoms with E-state index in [0.29, 0.717) is 49.0 Å². The highest BCUT2D eigenvalue weighted by molar-refractivity contribution is 6.00. The molecule has 3 atom stereocenters. The summed E-state index contributed by atoms with van der Waals surface area (Å²) in [6, 6.07) is 20.4. The molecule has 9 rings (SSSR count). The Labute approximate surface area is 271 Å². The van der Waals surface area contributed by atoms with E-state index in [1.807, 2.05) is 59.9 Å². The number of hydrogen-bond donors (Lipinski definition) is 1. The Morgan fingerprint density at radius 1 is 1.04 bits per heavy atom. The van der Waals surface area contributed by atoms with Gasteiger partial charge in [-0.2, -0.15) is 0 Å². The second kappa shape index (κ2) is 10.9. The number of rotatable bonds is 2. The zero-order valence-electron chi connectivity index (χ0n) is 26.2. The number of nitrogens with zero attached hydrogens (tertiary/aromatic N) is 6. The normalized spacial score (nSPS) is 20.4. The lowest BCUT2D eigenvalue weighted by molar-refractivity contribution is 0.0700. The van der Waals surface area contributed by atoms with Crippen molar-refractivity contribution in [3.8, 4) is 34.1 Å². The maximum absolute atomic E-state index is 14.0. The Bertz CT molecular complexity index is 2190. The summed E-state index contributed by atoms with van der Waals surface area (Å²) < 4.78 is 16.8. The van der Waals surface area contributed by atoms with E-state index in [4.69, 9.17) is 25.2 Å². The molecule has 2 fully saturated rings. The summed E-state index contributed by atoms with van der Waals surface area (Å²) in [5, 5.41) is 1.03. The van der Waals surface area contributed by atoms with E-state index in [-0.39, 0.29) is 18.0 Å². The molecular weight excluding hydrogens is 590 g/mol. The molecule has 6 aromatic rings. The molecule has 10 nitrogen and oxygen atoms in total. The second-order valence-electron chi connectivity index (χ2n) is 12.9. The lowest BCUT2D eigenvalue weighted by Gasteiger charge is -2.27. The van der Waals surface area contributed by atoms with E-state index in [9.17, 15) is 4.79 Å². The monoisotopic (exact) mass is 625 g/mol. The molecule has 47 heavy (non-hydrogen) atoms. The van der Waals surface area contributed by atoms with Gasteiger partial charge in [0.05, 0.1) is 31.5 Å². The molecular formula is C37H35N7O3. The van der Waals surface area contributed by atoms with Crippen LogP contribution in [0.25, 0.3) is 44.7 Å². The highest BCUT2D eigenvalue weighted by atomic mass is 16.5. The lowest BCUT2D eigenvalue weighted by Crippen LogP contribution is -2.41. The third kappa shape index (κ3) is 4.50. The Kier molecular flexibility index (Phi) is 6.53. The zero-order chi connectivity index (χ0) is 31.6. The minimum atomic E-state index is -0.0174. The van der Waals surface area contributed by atoms with Crippen LogP contribution in [-0.4, -0.2) is 67.2 Å². The summed E-state index contributed by atoms with van der Waals surface area (Å²) in [7, 11) is 1.65. The number of carbonyl (C=O) groups excluding carboxylic acids is 1. The number of piperidine rings is 1. The average Bonchev–Trinajstić information content (AvgIpc) is 3.85. The zero-order valence-corrected chi connectivity index (χ0v) is 26.2. The number of pyridine rings is 2. The molecule has 4 bridgehead atoms. The first kappa shape index (κ1) is 28.0. The van der Waals surface area contributed by atoms with Gasteiger partial charge in [0.1, 0.15) is 22.7 Å². The van der Waals surface area contributed by atoms with Gasteiger partial charge in [0.15, 0.2) is 5.82 Å². The van der Waals surface area contributed by atoms with Crippen molar-refractivity contribution in [3.05, 3.63) is 90.4 Å². The van der Waals surface area contributed by atoms with Crippen molar-refractivity contribution >= 4 is 28.0 Å². The molecule has 1 saturated carbocycles. The Morgan fingerprint density at radius 3 is 2.81 bits per heavy atom. The molecule has 10 heteroatoms. The first-order valence-corrected chi connectivity index (χ1v) is 16.3. The van der Waals surface area contributed by atoms with Crippen molar-refractivity contribution < 1.29 is 14.3 Å². The van der Waals surface area contributed by atoms with Gasteiger partial charge in [-0.1, -0.05) is 18.2 Å². The quantitative estimate of drug-likeness (QED) is 0.270. The molecule has 2 aliphatic heterocycles. The van der Waals surface area contributed by atoms with E-state index in [1.165, 1.54) is 0 Å². The predicted octanol–water partition coefficient (Wildman–Crippen LogP) is 5.52. The molecule has 1 amide bonds. The number of aryl methyl sites for hydroxylation is 1. The van der Waals surface area contributed by atoms with Gasteiger partial charge in [0.25, 0.3) is 5.91 Å². The average molecular weight is 626 g/mol. The van der Waals surface area contributed by atoms with Crippen LogP contribution in [0.15, 0.2) is 79.3 Å². The Hall–Kier alpha value is -5.22. The number of imidazole rings is 1. The SMILES string of the molecule is COc1cc(C(=O)N2CC3CCC2[C@@H]3N)cc2nc3n(c12)Cc1cncc(c1)-c1ccccc1OCCCn1c-3cc2cccnc21. The minimum absolute atomic E-state index is 0.0174. The summed E-state index contributed by atoms with van der Waals surface area (Å²) >= 11 is 0. The van der Waals surface area contributed by atoms with E-state index in [1.54, 1.807) is 7.11 Å². The van der Waals surface area contributed by atoms with Gasteiger partial charge in [-0.3, -0.25) is 9.78 Å². The molecule has 0 spiro atoms. The first-order chi connectivity index (χ1) is 23.1. The maximum Gasteiger partial charge on any atom is 0.254 e.